The average Bonchev–Trinajstić information content (AvgIpc) is 2.80. The minimum atomic E-state index is -0.960. The number of rotatable bonds is 10. The molecule has 3 amide bonds. The van der Waals surface area contributed by atoms with E-state index in [9.17, 15) is 14.4 Å². The van der Waals surface area contributed by atoms with Gasteiger partial charge in [-0.25, -0.2) is 4.79 Å². The highest BCUT2D eigenvalue weighted by molar-refractivity contribution is 7.80. The summed E-state index contributed by atoms with van der Waals surface area (Å²) in [6.07, 6.45) is 0.813. The number of alkyl carbamates (subject to hydrolysis) is 1. The van der Waals surface area contributed by atoms with Crippen LogP contribution >= 0.6 is 12.6 Å². The van der Waals surface area contributed by atoms with Crippen LogP contribution in [0.3, 0.4) is 0 Å². The lowest BCUT2D eigenvalue weighted by Gasteiger charge is -2.34. The third-order valence-electron chi connectivity index (χ3n) is 5.53. The van der Waals surface area contributed by atoms with Gasteiger partial charge in [-0.1, -0.05) is 61.4 Å². The minimum Gasteiger partial charge on any atom is -0.444 e. The Hall–Kier alpha value is -3.00. The largest absolute Gasteiger partial charge is 0.444 e. The van der Waals surface area contributed by atoms with Gasteiger partial charge in [0.05, 0.1) is 0 Å². The lowest BCUT2D eigenvalue weighted by Crippen LogP contribution is -2.53. The zero-order valence-electron chi connectivity index (χ0n) is 22.1. The zero-order valence-corrected chi connectivity index (χ0v) is 23.0. The molecule has 0 saturated heterocycles. The average molecular weight is 514 g/mol. The molecule has 0 aliphatic rings. The van der Waals surface area contributed by atoms with E-state index in [1.807, 2.05) is 69.3 Å². The van der Waals surface area contributed by atoms with Crippen LogP contribution in [0.5, 0.6) is 0 Å². The van der Waals surface area contributed by atoms with E-state index < -0.39 is 29.7 Å². The second-order valence-electron chi connectivity index (χ2n) is 9.89. The Bertz CT molecular complexity index is 1050. The first-order valence-electron chi connectivity index (χ1n) is 12.3. The molecule has 2 N–H and O–H groups in total. The molecule has 8 heteroatoms. The van der Waals surface area contributed by atoms with E-state index in [0.29, 0.717) is 24.2 Å². The number of nitrogens with one attached hydrogen (secondary N) is 2. The molecular weight excluding hydrogens is 474 g/mol. The van der Waals surface area contributed by atoms with E-state index in [1.165, 1.54) is 0 Å². The van der Waals surface area contributed by atoms with E-state index in [4.69, 9.17) is 4.74 Å². The topological polar surface area (TPSA) is 87.7 Å². The summed E-state index contributed by atoms with van der Waals surface area (Å²) in [6.45, 7) is 11.5. The van der Waals surface area contributed by atoms with Crippen LogP contribution in [0.15, 0.2) is 48.5 Å². The van der Waals surface area contributed by atoms with Gasteiger partial charge in [-0.05, 0) is 58.2 Å². The highest BCUT2D eigenvalue weighted by Crippen LogP contribution is 2.26. The number of hydrogen-bond donors (Lipinski definition) is 3. The van der Waals surface area contributed by atoms with Gasteiger partial charge in [0.2, 0.25) is 5.91 Å². The maximum atomic E-state index is 13.8. The SMILES string of the molecule is CCCCN(C(=O)C(CS)NC(=O)OC(C)(C)C)C(C(=O)Nc1ccccc1C)c1cccc(C)c1. The number of para-hydroxylation sites is 1. The second-order valence-corrected chi connectivity index (χ2v) is 10.3. The molecule has 0 spiro atoms. The van der Waals surface area contributed by atoms with Crippen molar-refractivity contribution in [3.63, 3.8) is 0 Å². The Morgan fingerprint density at radius 2 is 1.75 bits per heavy atom. The molecule has 0 radical (unpaired) electrons. The van der Waals surface area contributed by atoms with Gasteiger partial charge in [-0.15, -0.1) is 0 Å². The molecule has 0 bridgehead atoms. The van der Waals surface area contributed by atoms with Crippen LogP contribution in [0, 0.1) is 13.8 Å². The molecule has 0 saturated carbocycles. The third kappa shape index (κ3) is 8.59. The van der Waals surface area contributed by atoms with Crippen molar-refractivity contribution in [1.82, 2.24) is 10.2 Å². The van der Waals surface area contributed by atoms with Gasteiger partial charge in [0.25, 0.3) is 5.91 Å². The fourth-order valence-corrected chi connectivity index (χ4v) is 4.01. The molecule has 2 unspecified atom stereocenters. The van der Waals surface area contributed by atoms with Crippen molar-refractivity contribution in [2.75, 3.05) is 17.6 Å². The van der Waals surface area contributed by atoms with Crippen molar-refractivity contribution < 1.29 is 19.1 Å². The number of anilines is 1. The Kier molecular flexibility index (Phi) is 10.8. The van der Waals surface area contributed by atoms with E-state index in [-0.39, 0.29) is 11.7 Å². The van der Waals surface area contributed by atoms with Crippen molar-refractivity contribution >= 4 is 36.2 Å². The first-order valence-corrected chi connectivity index (χ1v) is 12.9. The molecule has 0 aliphatic carbocycles. The number of thiol groups is 1. The molecule has 36 heavy (non-hydrogen) atoms. The van der Waals surface area contributed by atoms with Gasteiger partial charge in [-0.2, -0.15) is 12.6 Å². The molecule has 0 heterocycles. The summed E-state index contributed by atoms with van der Waals surface area (Å²) < 4.78 is 5.35. The second kappa shape index (κ2) is 13.3. The molecular formula is C28H39N3O4S. The molecule has 2 rings (SSSR count). The quantitative estimate of drug-likeness (QED) is 0.370. The molecule has 2 aromatic carbocycles. The molecule has 2 aromatic rings. The van der Waals surface area contributed by atoms with Crippen molar-refractivity contribution in [3.8, 4) is 0 Å². The van der Waals surface area contributed by atoms with Gasteiger partial charge >= 0.3 is 6.09 Å². The number of aryl methyl sites for hydroxylation is 2. The first-order chi connectivity index (χ1) is 17.0. The predicted molar refractivity (Wildman–Crippen MR) is 147 cm³/mol. The summed E-state index contributed by atoms with van der Waals surface area (Å²) in [4.78, 5) is 41.6. The monoisotopic (exact) mass is 513 g/mol. The summed E-state index contributed by atoms with van der Waals surface area (Å²) in [5.41, 5.74) is 2.55. The Morgan fingerprint density at radius 1 is 1.06 bits per heavy atom. The van der Waals surface area contributed by atoms with E-state index in [0.717, 1.165) is 17.5 Å². The molecule has 0 aromatic heterocycles. The van der Waals surface area contributed by atoms with E-state index >= 15 is 0 Å². The van der Waals surface area contributed by atoms with E-state index in [2.05, 4.69) is 23.3 Å². The Labute approximate surface area is 220 Å². The number of carbonyl (C=O) groups excluding carboxylic acids is 3. The summed E-state index contributed by atoms with van der Waals surface area (Å²) in [5.74, 6) is -0.661. The summed E-state index contributed by atoms with van der Waals surface area (Å²) in [7, 11) is 0. The summed E-state index contributed by atoms with van der Waals surface area (Å²) in [6, 6.07) is 13.2. The number of carbonyl (C=O) groups is 3. The van der Waals surface area contributed by atoms with Gasteiger partial charge < -0.3 is 20.3 Å². The predicted octanol–water partition coefficient (Wildman–Crippen LogP) is 5.44. The summed E-state index contributed by atoms with van der Waals surface area (Å²) in [5, 5.41) is 5.64. The number of unbranched alkanes of at least 4 members (excludes halogenated alkanes) is 1. The fourth-order valence-electron chi connectivity index (χ4n) is 3.76. The van der Waals surface area contributed by atoms with Crippen molar-refractivity contribution in [2.24, 2.45) is 0 Å². The number of hydrogen-bond acceptors (Lipinski definition) is 5. The molecule has 196 valence electrons. The lowest BCUT2D eigenvalue weighted by atomic mass is 10.00. The van der Waals surface area contributed by atoms with Crippen molar-refractivity contribution in [3.05, 3.63) is 65.2 Å². The fraction of sp³-hybridized carbons (Fsp3) is 0.464. The van der Waals surface area contributed by atoms with E-state index in [1.54, 1.807) is 25.7 Å². The van der Waals surface area contributed by atoms with Crippen molar-refractivity contribution in [1.29, 1.82) is 0 Å². The van der Waals surface area contributed by atoms with Crippen LogP contribution in [0.2, 0.25) is 0 Å². The van der Waals surface area contributed by atoms with Crippen LogP contribution in [-0.2, 0) is 14.3 Å². The number of benzene rings is 2. The minimum absolute atomic E-state index is 0.0562. The standard InChI is InChI=1S/C28H39N3O4S/c1-7-8-16-31(26(33)23(18-36)30-27(34)35-28(4,5)6)24(21-14-11-12-19(2)17-21)25(32)29-22-15-10-9-13-20(22)3/h9-15,17,23-24,36H,7-8,16,18H2,1-6H3,(H,29,32)(H,30,34). The molecule has 2 atom stereocenters. The maximum absolute atomic E-state index is 13.8. The normalized spacial score (nSPS) is 12.9. The summed E-state index contributed by atoms with van der Waals surface area (Å²) >= 11 is 4.33. The third-order valence-corrected chi connectivity index (χ3v) is 5.89. The van der Waals surface area contributed by atoms with Crippen LogP contribution in [0.1, 0.15) is 63.3 Å². The van der Waals surface area contributed by atoms with Crippen LogP contribution in [0.4, 0.5) is 10.5 Å². The zero-order chi connectivity index (χ0) is 26.9. The Balaban J connectivity index is 2.47. The number of nitrogens with zero attached hydrogens (tertiary/aromatic N) is 1. The molecule has 0 aliphatic heterocycles. The van der Waals surface area contributed by atoms with Gasteiger partial charge in [0, 0.05) is 18.0 Å². The lowest BCUT2D eigenvalue weighted by molar-refractivity contribution is -0.140. The van der Waals surface area contributed by atoms with Gasteiger partial charge in [0.1, 0.15) is 17.7 Å². The van der Waals surface area contributed by atoms with Gasteiger partial charge in [-0.3, -0.25) is 9.59 Å². The number of ether oxygens (including phenoxy) is 1. The maximum Gasteiger partial charge on any atom is 0.408 e. The van der Waals surface area contributed by atoms with Crippen LogP contribution < -0.4 is 10.6 Å². The molecule has 7 nitrogen and oxygen atoms in total. The Morgan fingerprint density at radius 3 is 2.33 bits per heavy atom. The first kappa shape index (κ1) is 29.2. The number of amides is 3. The van der Waals surface area contributed by atoms with Crippen LogP contribution in [-0.4, -0.2) is 46.7 Å². The van der Waals surface area contributed by atoms with Crippen molar-refractivity contribution in [2.45, 2.75) is 72.1 Å². The highest BCUT2D eigenvalue weighted by Gasteiger charge is 2.35. The molecule has 0 fully saturated rings. The highest BCUT2D eigenvalue weighted by atomic mass is 32.1. The van der Waals surface area contributed by atoms with Gasteiger partial charge in [0.15, 0.2) is 0 Å². The van der Waals surface area contributed by atoms with Crippen LogP contribution in [0.25, 0.3) is 0 Å². The smallest absolute Gasteiger partial charge is 0.408 e.